The van der Waals surface area contributed by atoms with E-state index in [-0.39, 0.29) is 12.3 Å². The molecule has 2 aromatic heterocycles. The summed E-state index contributed by atoms with van der Waals surface area (Å²) in [6.45, 7) is 7.10. The lowest BCUT2D eigenvalue weighted by atomic mass is 10.00. The topological polar surface area (TPSA) is 120 Å². The number of hydrogen-bond acceptors (Lipinski definition) is 8. The number of aromatic nitrogens is 4. The standard InChI is InChI=1S/C27H31FN8O3/c1-16-5-7-20-19(15-30-33-20)23(16)21-8-6-18-24(35-11-13-36(14-12-35)26(38)17(2)28)31-27(32-25(18)39-21)29-10-9-22(37)34(3)4/h5,7-8,15H,2,6,9-14H2,1,3-4H3,(H,30,33)(H,29,31,32). The van der Waals surface area contributed by atoms with Gasteiger partial charge in [0.25, 0.3) is 5.91 Å². The molecular weight excluding hydrogens is 503 g/mol. The van der Waals surface area contributed by atoms with Crippen molar-refractivity contribution in [1.82, 2.24) is 30.0 Å². The van der Waals surface area contributed by atoms with Crippen LogP contribution in [-0.4, -0.2) is 88.6 Å². The average Bonchev–Trinajstić information content (AvgIpc) is 3.40. The van der Waals surface area contributed by atoms with Crippen molar-refractivity contribution in [2.24, 2.45) is 0 Å². The first-order valence-corrected chi connectivity index (χ1v) is 12.8. The summed E-state index contributed by atoms with van der Waals surface area (Å²) in [7, 11) is 3.42. The van der Waals surface area contributed by atoms with Crippen LogP contribution in [0, 0.1) is 6.92 Å². The van der Waals surface area contributed by atoms with Gasteiger partial charge in [-0.25, -0.2) is 4.39 Å². The lowest BCUT2D eigenvalue weighted by Gasteiger charge is -2.36. The number of H-pyrrole nitrogens is 1. The third kappa shape index (κ3) is 5.27. The zero-order valence-electron chi connectivity index (χ0n) is 22.3. The highest BCUT2D eigenvalue weighted by Crippen LogP contribution is 2.38. The highest BCUT2D eigenvalue weighted by molar-refractivity contribution is 5.92. The minimum Gasteiger partial charge on any atom is -0.438 e. The summed E-state index contributed by atoms with van der Waals surface area (Å²) in [6.07, 6.45) is 4.61. The summed E-state index contributed by atoms with van der Waals surface area (Å²) in [5.41, 5.74) is 3.71. The smallest absolute Gasteiger partial charge is 0.282 e. The monoisotopic (exact) mass is 534 g/mol. The molecule has 0 atom stereocenters. The summed E-state index contributed by atoms with van der Waals surface area (Å²) in [5, 5.41) is 11.3. The van der Waals surface area contributed by atoms with E-state index >= 15 is 0 Å². The molecule has 0 bridgehead atoms. The lowest BCUT2D eigenvalue weighted by molar-refractivity contribution is -0.129. The number of rotatable bonds is 7. The van der Waals surface area contributed by atoms with Gasteiger partial charge in [-0.3, -0.25) is 14.7 Å². The van der Waals surface area contributed by atoms with Crippen molar-refractivity contribution < 1.29 is 18.7 Å². The fraction of sp³-hybridized carbons (Fsp3) is 0.370. The Hall–Kier alpha value is -4.48. The van der Waals surface area contributed by atoms with E-state index in [1.165, 1.54) is 9.80 Å². The van der Waals surface area contributed by atoms with Crippen LogP contribution in [0.3, 0.4) is 0 Å². The predicted molar refractivity (Wildman–Crippen MR) is 146 cm³/mol. The van der Waals surface area contributed by atoms with Crippen LogP contribution < -0.4 is 15.0 Å². The second-order valence-corrected chi connectivity index (χ2v) is 9.77. The molecule has 0 spiro atoms. The van der Waals surface area contributed by atoms with Crippen LogP contribution in [-0.2, 0) is 16.0 Å². The average molecular weight is 535 g/mol. The van der Waals surface area contributed by atoms with Gasteiger partial charge in [-0.05, 0) is 24.6 Å². The molecule has 2 aliphatic heterocycles. The third-order valence-electron chi connectivity index (χ3n) is 6.94. The summed E-state index contributed by atoms with van der Waals surface area (Å²) in [6, 6.07) is 4.00. The summed E-state index contributed by atoms with van der Waals surface area (Å²) >= 11 is 0. The number of ether oxygens (including phenoxy) is 1. The lowest BCUT2D eigenvalue weighted by Crippen LogP contribution is -2.49. The van der Waals surface area contributed by atoms with Crippen LogP contribution >= 0.6 is 0 Å². The molecule has 4 heterocycles. The highest BCUT2D eigenvalue weighted by Gasteiger charge is 2.29. The van der Waals surface area contributed by atoms with Crippen molar-refractivity contribution in [2.75, 3.05) is 57.0 Å². The molecule has 1 fully saturated rings. The molecule has 3 aromatic rings. The van der Waals surface area contributed by atoms with Gasteiger partial charge in [0.15, 0.2) is 5.83 Å². The van der Waals surface area contributed by atoms with Gasteiger partial charge in [0.05, 0.1) is 17.3 Å². The third-order valence-corrected chi connectivity index (χ3v) is 6.94. The maximum absolute atomic E-state index is 13.4. The number of nitrogens with zero attached hydrogens (tertiary/aromatic N) is 6. The first-order valence-electron chi connectivity index (χ1n) is 12.8. The number of carbonyl (C=O) groups is 2. The molecule has 2 amide bonds. The number of carbonyl (C=O) groups excluding carboxylic acids is 2. The highest BCUT2D eigenvalue weighted by atomic mass is 19.1. The van der Waals surface area contributed by atoms with E-state index in [4.69, 9.17) is 9.72 Å². The minimum atomic E-state index is -0.962. The van der Waals surface area contributed by atoms with Crippen molar-refractivity contribution in [2.45, 2.75) is 19.8 Å². The Morgan fingerprint density at radius 2 is 1.97 bits per heavy atom. The van der Waals surface area contributed by atoms with E-state index in [0.29, 0.717) is 62.5 Å². The van der Waals surface area contributed by atoms with Gasteiger partial charge in [0, 0.05) is 70.6 Å². The fourth-order valence-corrected chi connectivity index (χ4v) is 4.80. The molecule has 204 valence electrons. The van der Waals surface area contributed by atoms with Crippen molar-refractivity contribution in [3.8, 4) is 5.88 Å². The van der Waals surface area contributed by atoms with Gasteiger partial charge in [-0.1, -0.05) is 12.6 Å². The second-order valence-electron chi connectivity index (χ2n) is 9.77. The Labute approximate surface area is 225 Å². The first kappa shape index (κ1) is 26.1. The van der Waals surface area contributed by atoms with Gasteiger partial charge in [-0.2, -0.15) is 15.1 Å². The number of anilines is 2. The Balaban J connectivity index is 1.45. The van der Waals surface area contributed by atoms with E-state index in [0.717, 1.165) is 27.6 Å². The van der Waals surface area contributed by atoms with Crippen molar-refractivity contribution >= 4 is 40.2 Å². The Kier molecular flexibility index (Phi) is 7.18. The minimum absolute atomic E-state index is 0.0129. The van der Waals surface area contributed by atoms with Crippen LogP contribution in [0.4, 0.5) is 16.2 Å². The maximum Gasteiger partial charge on any atom is 0.282 e. The van der Waals surface area contributed by atoms with Crippen LogP contribution in [0.1, 0.15) is 23.1 Å². The van der Waals surface area contributed by atoms with E-state index in [9.17, 15) is 14.0 Å². The molecular formula is C27H31FN8O3. The number of aromatic amines is 1. The molecule has 5 rings (SSSR count). The van der Waals surface area contributed by atoms with Gasteiger partial charge in [0.1, 0.15) is 11.6 Å². The zero-order chi connectivity index (χ0) is 27.7. The summed E-state index contributed by atoms with van der Waals surface area (Å²) in [4.78, 5) is 38.6. The fourth-order valence-electron chi connectivity index (χ4n) is 4.80. The van der Waals surface area contributed by atoms with E-state index in [1.54, 1.807) is 20.3 Å². The molecule has 11 nitrogen and oxygen atoms in total. The number of halogens is 1. The number of fused-ring (bicyclic) bond motifs is 2. The Bertz CT molecular complexity index is 1470. The van der Waals surface area contributed by atoms with E-state index < -0.39 is 11.7 Å². The van der Waals surface area contributed by atoms with Crippen molar-refractivity contribution in [3.63, 3.8) is 0 Å². The van der Waals surface area contributed by atoms with Gasteiger partial charge in [0.2, 0.25) is 17.7 Å². The van der Waals surface area contributed by atoms with Crippen molar-refractivity contribution in [3.05, 3.63) is 53.5 Å². The van der Waals surface area contributed by atoms with Gasteiger partial charge >= 0.3 is 0 Å². The molecule has 12 heteroatoms. The van der Waals surface area contributed by atoms with E-state index in [2.05, 4.69) is 27.1 Å². The molecule has 39 heavy (non-hydrogen) atoms. The van der Waals surface area contributed by atoms with Crippen LogP contribution in [0.5, 0.6) is 5.88 Å². The van der Waals surface area contributed by atoms with Crippen molar-refractivity contribution in [1.29, 1.82) is 0 Å². The molecule has 0 radical (unpaired) electrons. The molecule has 1 aromatic carbocycles. The quantitative estimate of drug-likeness (QED) is 0.444. The number of allylic oxidation sites excluding steroid dienone is 1. The van der Waals surface area contributed by atoms with Gasteiger partial charge < -0.3 is 24.8 Å². The second kappa shape index (κ2) is 10.7. The van der Waals surface area contributed by atoms with Gasteiger partial charge in [-0.15, -0.1) is 0 Å². The number of piperazine rings is 1. The molecule has 2 aliphatic rings. The molecule has 0 unspecified atom stereocenters. The zero-order valence-corrected chi connectivity index (χ0v) is 22.3. The molecule has 1 saturated heterocycles. The molecule has 2 N–H and O–H groups in total. The number of benzene rings is 1. The Morgan fingerprint density at radius 3 is 2.69 bits per heavy atom. The first-order chi connectivity index (χ1) is 18.7. The van der Waals surface area contributed by atoms with E-state index in [1.807, 2.05) is 30.0 Å². The number of amides is 2. The van der Waals surface area contributed by atoms with Crippen LogP contribution in [0.2, 0.25) is 0 Å². The van der Waals surface area contributed by atoms with Crippen LogP contribution in [0.25, 0.3) is 16.7 Å². The SMILES string of the molecule is C=C(F)C(=O)N1CCN(c2nc(NCCC(=O)N(C)C)nc3c2CC=C(c2c(C)ccc4[nH]ncc24)O3)CC1. The summed E-state index contributed by atoms with van der Waals surface area (Å²) < 4.78 is 19.8. The Morgan fingerprint density at radius 1 is 1.21 bits per heavy atom. The molecule has 0 aliphatic carbocycles. The predicted octanol–water partition coefficient (Wildman–Crippen LogP) is 2.66. The molecule has 0 saturated carbocycles. The summed E-state index contributed by atoms with van der Waals surface area (Å²) in [5.74, 6) is 0.465. The number of aryl methyl sites for hydroxylation is 1. The normalized spacial score (nSPS) is 14.9. The van der Waals surface area contributed by atoms with Crippen LogP contribution in [0.15, 0.2) is 36.8 Å². The largest absolute Gasteiger partial charge is 0.438 e. The number of hydrogen-bond donors (Lipinski definition) is 2. The number of nitrogens with one attached hydrogen (secondary N) is 2. The maximum atomic E-state index is 13.4.